The van der Waals surface area contributed by atoms with E-state index in [-0.39, 0.29) is 5.41 Å². The quantitative estimate of drug-likeness (QED) is 0.533. The molecule has 0 aliphatic carbocycles. The van der Waals surface area contributed by atoms with E-state index in [2.05, 4.69) is 49.7 Å². The molecule has 2 heterocycles. The van der Waals surface area contributed by atoms with Crippen molar-refractivity contribution in [3.8, 4) is 17.0 Å². The van der Waals surface area contributed by atoms with Gasteiger partial charge in [-0.1, -0.05) is 51.1 Å². The Hall–Kier alpha value is -3.34. The second-order valence-electron chi connectivity index (χ2n) is 8.98. The number of hydrogen-bond donors (Lipinski definition) is 2. The van der Waals surface area contributed by atoms with Gasteiger partial charge < -0.3 is 15.4 Å². The van der Waals surface area contributed by atoms with Crippen LogP contribution in [0.3, 0.4) is 0 Å². The van der Waals surface area contributed by atoms with E-state index in [0.717, 1.165) is 52.8 Å². The van der Waals surface area contributed by atoms with Crippen LogP contribution in [0.25, 0.3) is 16.8 Å². The van der Waals surface area contributed by atoms with Crippen molar-refractivity contribution in [2.45, 2.75) is 39.7 Å². The Balaban J connectivity index is 1.67. The lowest BCUT2D eigenvalue weighted by atomic mass is 9.82. The van der Waals surface area contributed by atoms with Gasteiger partial charge in [0.25, 0.3) is 0 Å². The average Bonchev–Trinajstić information content (AvgIpc) is 2.79. The summed E-state index contributed by atoms with van der Waals surface area (Å²) in [5.41, 5.74) is 4.28. The van der Waals surface area contributed by atoms with Crippen LogP contribution in [0.15, 0.2) is 66.9 Å². The number of hydrogen-bond acceptors (Lipinski definition) is 5. The molecule has 0 saturated heterocycles. The second kappa shape index (κ2) is 8.80. The van der Waals surface area contributed by atoms with Crippen LogP contribution in [0.2, 0.25) is 0 Å². The summed E-state index contributed by atoms with van der Waals surface area (Å²) < 4.78 is 5.26. The highest BCUT2D eigenvalue weighted by Crippen LogP contribution is 2.32. The molecule has 31 heavy (non-hydrogen) atoms. The van der Waals surface area contributed by atoms with E-state index in [4.69, 9.17) is 14.7 Å². The predicted molar refractivity (Wildman–Crippen MR) is 127 cm³/mol. The minimum atomic E-state index is 0.218. The first kappa shape index (κ1) is 20.9. The van der Waals surface area contributed by atoms with E-state index in [0.29, 0.717) is 6.04 Å². The van der Waals surface area contributed by atoms with Crippen LogP contribution in [0, 0.1) is 5.41 Å². The summed E-state index contributed by atoms with van der Waals surface area (Å²) >= 11 is 0. The van der Waals surface area contributed by atoms with Crippen LogP contribution in [0.1, 0.15) is 39.4 Å². The van der Waals surface area contributed by atoms with Gasteiger partial charge in [0.1, 0.15) is 11.6 Å². The third-order valence-corrected chi connectivity index (χ3v) is 5.65. The van der Waals surface area contributed by atoms with E-state index in [9.17, 15) is 0 Å². The third-order valence-electron chi connectivity index (χ3n) is 5.65. The summed E-state index contributed by atoms with van der Waals surface area (Å²) in [6.45, 7) is 6.81. The van der Waals surface area contributed by atoms with E-state index in [1.54, 1.807) is 7.11 Å². The molecule has 0 radical (unpaired) electrons. The van der Waals surface area contributed by atoms with Crippen molar-refractivity contribution in [3.63, 3.8) is 0 Å². The molecule has 5 heteroatoms. The average molecular weight is 415 g/mol. The maximum atomic E-state index is 5.26. The molecule has 0 fully saturated rings. The van der Waals surface area contributed by atoms with Gasteiger partial charge in [0.2, 0.25) is 0 Å². The van der Waals surface area contributed by atoms with Gasteiger partial charge in [0, 0.05) is 35.1 Å². The zero-order chi connectivity index (χ0) is 21.8. The maximum absolute atomic E-state index is 5.26. The number of methoxy groups -OCH3 is 1. The highest BCUT2D eigenvalue weighted by atomic mass is 16.5. The number of anilines is 2. The summed E-state index contributed by atoms with van der Waals surface area (Å²) in [5.74, 6) is 2.36. The SMILES string of the molecule is COc1ccc(Nc2cc(-c3ccccc3)nc(C3=CNC(C(C)(C)C)CC3)n2)cc1. The Bertz CT molecular complexity index is 1050. The van der Waals surface area contributed by atoms with E-state index < -0.39 is 0 Å². The topological polar surface area (TPSA) is 59.1 Å². The molecule has 0 bridgehead atoms. The first-order chi connectivity index (χ1) is 14.9. The van der Waals surface area contributed by atoms with Gasteiger partial charge in [-0.3, -0.25) is 0 Å². The fourth-order valence-corrected chi connectivity index (χ4v) is 3.75. The lowest BCUT2D eigenvalue weighted by Gasteiger charge is -2.34. The summed E-state index contributed by atoms with van der Waals surface area (Å²) in [6.07, 6.45) is 4.12. The standard InChI is InChI=1S/C26H30N4O/c1-26(2,3)23-15-10-19(17-27-23)25-29-22(18-8-6-5-7-9-18)16-24(30-25)28-20-11-13-21(31-4)14-12-20/h5-9,11-14,16-17,23,27H,10,15H2,1-4H3,(H,28,29,30). The molecule has 2 aromatic carbocycles. The summed E-state index contributed by atoms with van der Waals surface area (Å²) in [7, 11) is 1.67. The Morgan fingerprint density at radius 2 is 1.74 bits per heavy atom. The molecule has 1 aliphatic heterocycles. The molecule has 1 unspecified atom stereocenters. The van der Waals surface area contributed by atoms with Crippen molar-refractivity contribution in [1.82, 2.24) is 15.3 Å². The Morgan fingerprint density at radius 3 is 2.35 bits per heavy atom. The highest BCUT2D eigenvalue weighted by Gasteiger charge is 2.27. The van der Waals surface area contributed by atoms with Gasteiger partial charge in [-0.15, -0.1) is 0 Å². The minimum Gasteiger partial charge on any atom is -0.497 e. The summed E-state index contributed by atoms with van der Waals surface area (Å²) in [5, 5.41) is 7.00. The van der Waals surface area contributed by atoms with Crippen molar-refractivity contribution < 1.29 is 4.74 Å². The Morgan fingerprint density at radius 1 is 1.00 bits per heavy atom. The molecule has 0 amide bonds. The number of nitrogens with one attached hydrogen (secondary N) is 2. The molecule has 160 valence electrons. The van der Waals surface area contributed by atoms with Gasteiger partial charge >= 0.3 is 0 Å². The van der Waals surface area contributed by atoms with Gasteiger partial charge in [-0.25, -0.2) is 9.97 Å². The van der Waals surface area contributed by atoms with Gasteiger partial charge in [0.05, 0.1) is 12.8 Å². The molecule has 5 nitrogen and oxygen atoms in total. The lowest BCUT2D eigenvalue weighted by molar-refractivity contribution is 0.272. The van der Waals surface area contributed by atoms with Crippen molar-refractivity contribution >= 4 is 17.1 Å². The van der Waals surface area contributed by atoms with Gasteiger partial charge in [-0.2, -0.15) is 0 Å². The monoisotopic (exact) mass is 414 g/mol. The van der Waals surface area contributed by atoms with E-state index in [1.807, 2.05) is 48.5 Å². The molecule has 1 aromatic heterocycles. The molecule has 2 N–H and O–H groups in total. The lowest BCUT2D eigenvalue weighted by Crippen LogP contribution is -2.39. The number of aromatic nitrogens is 2. The van der Waals surface area contributed by atoms with Crippen LogP contribution in [-0.2, 0) is 0 Å². The van der Waals surface area contributed by atoms with Crippen LogP contribution in [0.4, 0.5) is 11.5 Å². The first-order valence-electron chi connectivity index (χ1n) is 10.7. The Kier molecular flexibility index (Phi) is 5.94. The molecular formula is C26H30N4O. The van der Waals surface area contributed by atoms with Crippen LogP contribution < -0.4 is 15.4 Å². The largest absolute Gasteiger partial charge is 0.497 e. The first-order valence-corrected chi connectivity index (χ1v) is 10.7. The summed E-state index contributed by atoms with van der Waals surface area (Å²) in [4.78, 5) is 9.75. The van der Waals surface area contributed by atoms with Crippen molar-refractivity contribution in [3.05, 3.63) is 72.7 Å². The maximum Gasteiger partial charge on any atom is 0.159 e. The molecule has 1 aliphatic rings. The fraction of sp³-hybridized carbons (Fsp3) is 0.308. The molecule has 3 aromatic rings. The molecular weight excluding hydrogens is 384 g/mol. The van der Waals surface area contributed by atoms with Crippen LogP contribution in [0.5, 0.6) is 5.75 Å². The minimum absolute atomic E-state index is 0.218. The summed E-state index contributed by atoms with van der Waals surface area (Å²) in [6, 6.07) is 20.5. The van der Waals surface area contributed by atoms with Crippen LogP contribution >= 0.6 is 0 Å². The smallest absolute Gasteiger partial charge is 0.159 e. The molecule has 0 spiro atoms. The normalized spacial score (nSPS) is 16.3. The second-order valence-corrected chi connectivity index (χ2v) is 8.98. The molecule has 0 saturated carbocycles. The highest BCUT2D eigenvalue weighted by molar-refractivity contribution is 5.70. The number of nitrogens with zero attached hydrogens (tertiary/aromatic N) is 2. The van der Waals surface area contributed by atoms with Crippen molar-refractivity contribution in [2.75, 3.05) is 12.4 Å². The van der Waals surface area contributed by atoms with Crippen molar-refractivity contribution in [1.29, 1.82) is 0 Å². The van der Waals surface area contributed by atoms with Gasteiger partial charge in [-0.05, 0) is 42.5 Å². The number of rotatable bonds is 5. The van der Waals surface area contributed by atoms with Gasteiger partial charge in [0.15, 0.2) is 5.82 Å². The third kappa shape index (κ3) is 5.05. The van der Waals surface area contributed by atoms with Crippen LogP contribution in [-0.4, -0.2) is 23.1 Å². The van der Waals surface area contributed by atoms with E-state index in [1.165, 1.54) is 0 Å². The number of benzene rings is 2. The number of allylic oxidation sites excluding steroid dienone is 1. The van der Waals surface area contributed by atoms with E-state index >= 15 is 0 Å². The molecule has 1 atom stereocenters. The van der Waals surface area contributed by atoms with Crippen molar-refractivity contribution in [2.24, 2.45) is 5.41 Å². The Labute approximate surface area is 184 Å². The zero-order valence-corrected chi connectivity index (χ0v) is 18.6. The molecule has 4 rings (SSSR count). The number of ether oxygens (including phenoxy) is 1. The predicted octanol–water partition coefficient (Wildman–Crippen LogP) is 6.03. The zero-order valence-electron chi connectivity index (χ0n) is 18.6. The fourth-order valence-electron chi connectivity index (χ4n) is 3.75.